The van der Waals surface area contributed by atoms with E-state index in [1.807, 2.05) is 13.0 Å². The van der Waals surface area contributed by atoms with Gasteiger partial charge >= 0.3 is 0 Å². The number of ether oxygens (including phenoxy) is 1. The Morgan fingerprint density at radius 2 is 2.11 bits per heavy atom. The molecule has 1 saturated carbocycles. The number of amides is 1. The number of nitrogens with one attached hydrogen (secondary N) is 1. The Bertz CT molecular complexity index is 978. The quantitative estimate of drug-likeness (QED) is 0.723. The molecule has 0 bridgehead atoms. The summed E-state index contributed by atoms with van der Waals surface area (Å²) in [7, 11) is 3.74. The van der Waals surface area contributed by atoms with E-state index in [2.05, 4.69) is 52.2 Å². The molecule has 1 N–H and O–H groups in total. The van der Waals surface area contributed by atoms with Crippen molar-refractivity contribution >= 4 is 16.9 Å². The summed E-state index contributed by atoms with van der Waals surface area (Å²) in [6, 6.07) is 12.5. The van der Waals surface area contributed by atoms with Crippen LogP contribution in [-0.4, -0.2) is 29.1 Å². The number of aryl methyl sites for hydroxylation is 1. The van der Waals surface area contributed by atoms with E-state index in [9.17, 15) is 4.79 Å². The average Bonchev–Trinajstić information content (AvgIpc) is 3.42. The number of aromatic nitrogens is 2. The number of hydrogen-bond acceptors (Lipinski definition) is 3. The number of carbonyl (C=O) groups excluding carboxylic acids is 1. The first-order valence-corrected chi connectivity index (χ1v) is 9.48. The molecule has 140 valence electrons. The normalized spacial score (nSPS) is 18.5. The molecule has 1 fully saturated rings. The first-order valence-electron chi connectivity index (χ1n) is 9.48. The Labute approximate surface area is 159 Å². The summed E-state index contributed by atoms with van der Waals surface area (Å²) in [6.07, 6.45) is 3.38. The van der Waals surface area contributed by atoms with Gasteiger partial charge < -0.3 is 14.6 Å². The molecule has 4 rings (SSSR count). The van der Waals surface area contributed by atoms with Crippen LogP contribution < -0.4 is 10.1 Å². The second-order valence-corrected chi connectivity index (χ2v) is 7.19. The highest BCUT2D eigenvalue weighted by Gasteiger charge is 2.42. The minimum atomic E-state index is 0.116. The molecular formula is C22H25N3O2. The fourth-order valence-electron chi connectivity index (χ4n) is 3.95. The molecule has 0 aliphatic heterocycles. The maximum absolute atomic E-state index is 11.6. The number of benzene rings is 1. The zero-order valence-corrected chi connectivity index (χ0v) is 16.0. The van der Waals surface area contributed by atoms with Crippen LogP contribution in [0.25, 0.3) is 22.3 Å². The van der Waals surface area contributed by atoms with Gasteiger partial charge in [0, 0.05) is 25.4 Å². The lowest BCUT2D eigenvalue weighted by molar-refractivity contribution is -0.120. The molecule has 27 heavy (non-hydrogen) atoms. The van der Waals surface area contributed by atoms with Gasteiger partial charge in [-0.1, -0.05) is 37.3 Å². The Kier molecular flexibility index (Phi) is 4.60. The van der Waals surface area contributed by atoms with Gasteiger partial charge in [-0.25, -0.2) is 4.98 Å². The first kappa shape index (κ1) is 17.6. The topological polar surface area (TPSA) is 56.2 Å². The molecule has 1 amide bonds. The fourth-order valence-corrected chi connectivity index (χ4v) is 3.95. The van der Waals surface area contributed by atoms with Crippen molar-refractivity contribution in [3.8, 4) is 17.0 Å². The molecule has 2 aromatic heterocycles. The monoisotopic (exact) mass is 363 g/mol. The molecule has 2 heterocycles. The number of hydrogen-bond donors (Lipinski definition) is 1. The Morgan fingerprint density at radius 1 is 1.33 bits per heavy atom. The molecule has 2 atom stereocenters. The summed E-state index contributed by atoms with van der Waals surface area (Å²) in [6.45, 7) is 2.62. The molecule has 0 radical (unpaired) electrons. The van der Waals surface area contributed by atoms with Crippen LogP contribution in [0.2, 0.25) is 0 Å². The van der Waals surface area contributed by atoms with Crippen molar-refractivity contribution in [3.63, 3.8) is 0 Å². The van der Waals surface area contributed by atoms with Gasteiger partial charge in [0.1, 0.15) is 11.4 Å². The zero-order valence-electron chi connectivity index (χ0n) is 16.0. The minimum Gasteiger partial charge on any atom is -0.495 e. The molecule has 1 aliphatic carbocycles. The summed E-state index contributed by atoms with van der Waals surface area (Å²) in [5.41, 5.74) is 4.68. The second-order valence-electron chi connectivity index (χ2n) is 7.19. The number of nitrogens with zero attached hydrogens (tertiary/aromatic N) is 2. The number of fused-ring (bicyclic) bond motifs is 1. The molecule has 3 aromatic rings. The smallest absolute Gasteiger partial charge is 0.219 e. The molecule has 0 spiro atoms. The number of carbonyl (C=O) groups is 1. The van der Waals surface area contributed by atoms with E-state index in [1.165, 1.54) is 16.8 Å². The first-order chi connectivity index (χ1) is 13.1. The SMILES string of the molecule is CCC(=O)NCC1CC1c1c(-c2ccccc2)n(C)c2ncc(OC)cc12. The summed E-state index contributed by atoms with van der Waals surface area (Å²) in [4.78, 5) is 16.3. The highest BCUT2D eigenvalue weighted by atomic mass is 16.5. The van der Waals surface area contributed by atoms with Gasteiger partial charge in [-0.2, -0.15) is 0 Å². The van der Waals surface area contributed by atoms with Gasteiger partial charge in [0.2, 0.25) is 5.91 Å². The van der Waals surface area contributed by atoms with Crippen molar-refractivity contribution in [2.45, 2.75) is 25.7 Å². The maximum atomic E-state index is 11.6. The Morgan fingerprint density at radius 3 is 2.81 bits per heavy atom. The average molecular weight is 363 g/mol. The van der Waals surface area contributed by atoms with Crippen molar-refractivity contribution in [1.82, 2.24) is 14.9 Å². The van der Waals surface area contributed by atoms with Crippen molar-refractivity contribution in [2.24, 2.45) is 13.0 Å². The van der Waals surface area contributed by atoms with E-state index < -0.39 is 0 Å². The van der Waals surface area contributed by atoms with Gasteiger partial charge in [-0.05, 0) is 35.4 Å². The van der Waals surface area contributed by atoms with Crippen LogP contribution in [0.1, 0.15) is 31.2 Å². The van der Waals surface area contributed by atoms with Crippen LogP contribution in [0.15, 0.2) is 42.6 Å². The largest absolute Gasteiger partial charge is 0.495 e. The zero-order chi connectivity index (χ0) is 19.0. The third kappa shape index (κ3) is 3.18. The molecule has 0 saturated heterocycles. The number of pyridine rings is 1. The summed E-state index contributed by atoms with van der Waals surface area (Å²) < 4.78 is 7.60. The van der Waals surface area contributed by atoms with E-state index in [0.717, 1.165) is 29.7 Å². The molecule has 5 nitrogen and oxygen atoms in total. The van der Waals surface area contributed by atoms with Crippen LogP contribution in [0.5, 0.6) is 5.75 Å². The summed E-state index contributed by atoms with van der Waals surface area (Å²) >= 11 is 0. The van der Waals surface area contributed by atoms with Crippen LogP contribution in [0.3, 0.4) is 0 Å². The van der Waals surface area contributed by atoms with Crippen molar-refractivity contribution in [1.29, 1.82) is 0 Å². The van der Waals surface area contributed by atoms with Gasteiger partial charge in [0.05, 0.1) is 19.0 Å². The van der Waals surface area contributed by atoms with Crippen molar-refractivity contribution in [2.75, 3.05) is 13.7 Å². The lowest BCUT2D eigenvalue weighted by atomic mass is 10.0. The molecule has 5 heteroatoms. The second kappa shape index (κ2) is 7.06. The predicted molar refractivity (Wildman–Crippen MR) is 107 cm³/mol. The third-order valence-electron chi connectivity index (χ3n) is 5.50. The minimum absolute atomic E-state index is 0.116. The Hall–Kier alpha value is -2.82. The van der Waals surface area contributed by atoms with Crippen LogP contribution in [-0.2, 0) is 11.8 Å². The van der Waals surface area contributed by atoms with E-state index in [4.69, 9.17) is 4.74 Å². The van der Waals surface area contributed by atoms with E-state index in [1.54, 1.807) is 13.3 Å². The van der Waals surface area contributed by atoms with Crippen LogP contribution in [0.4, 0.5) is 0 Å². The molecule has 2 unspecified atom stereocenters. The molecule has 1 aliphatic rings. The number of rotatable bonds is 6. The van der Waals surface area contributed by atoms with Gasteiger partial charge in [0.15, 0.2) is 0 Å². The molecular weight excluding hydrogens is 338 g/mol. The summed E-state index contributed by atoms with van der Waals surface area (Å²) in [5, 5.41) is 4.19. The highest BCUT2D eigenvalue weighted by molar-refractivity contribution is 5.91. The molecule has 1 aromatic carbocycles. The summed E-state index contributed by atoms with van der Waals surface area (Å²) in [5.74, 6) is 1.78. The fraction of sp³-hybridized carbons (Fsp3) is 0.364. The van der Waals surface area contributed by atoms with Crippen molar-refractivity contribution in [3.05, 3.63) is 48.2 Å². The van der Waals surface area contributed by atoms with Gasteiger partial charge in [0.25, 0.3) is 0 Å². The maximum Gasteiger partial charge on any atom is 0.219 e. The lowest BCUT2D eigenvalue weighted by Crippen LogP contribution is -2.24. The van der Waals surface area contributed by atoms with E-state index >= 15 is 0 Å². The van der Waals surface area contributed by atoms with E-state index in [-0.39, 0.29) is 5.91 Å². The van der Waals surface area contributed by atoms with E-state index in [0.29, 0.717) is 18.3 Å². The number of methoxy groups -OCH3 is 1. The highest BCUT2D eigenvalue weighted by Crippen LogP contribution is 2.53. The van der Waals surface area contributed by atoms with Gasteiger partial charge in [-0.3, -0.25) is 4.79 Å². The van der Waals surface area contributed by atoms with Crippen LogP contribution >= 0.6 is 0 Å². The van der Waals surface area contributed by atoms with Gasteiger partial charge in [-0.15, -0.1) is 0 Å². The van der Waals surface area contributed by atoms with Crippen molar-refractivity contribution < 1.29 is 9.53 Å². The predicted octanol–water partition coefficient (Wildman–Crippen LogP) is 3.88. The standard InChI is InChI=1S/C22H25N3O2/c1-4-19(26)23-12-15-10-17(15)20-18-11-16(27-3)13-24-22(18)25(2)21(20)14-8-6-5-7-9-14/h5-9,11,13,15,17H,4,10,12H2,1-3H3,(H,23,26). The Balaban J connectivity index is 1.79. The lowest BCUT2D eigenvalue weighted by Gasteiger charge is -2.09. The van der Waals surface area contributed by atoms with Crippen LogP contribution in [0, 0.1) is 5.92 Å². The third-order valence-corrected chi connectivity index (χ3v) is 5.50.